The van der Waals surface area contributed by atoms with Crippen molar-refractivity contribution in [1.82, 2.24) is 9.80 Å². The average Bonchev–Trinajstić information content (AvgIpc) is 2.97. The molecule has 0 aromatic heterocycles. The largest absolute Gasteiger partial charge is 0.491 e. The Morgan fingerprint density at radius 1 is 1.00 bits per heavy atom. The molecule has 2 aromatic carbocycles. The van der Waals surface area contributed by atoms with E-state index < -0.39 is 0 Å². The van der Waals surface area contributed by atoms with Gasteiger partial charge in [0.1, 0.15) is 12.4 Å². The third-order valence-corrected chi connectivity index (χ3v) is 7.97. The lowest BCUT2D eigenvalue weighted by atomic mass is 9.88. The van der Waals surface area contributed by atoms with Crippen LogP contribution < -0.4 is 10.1 Å². The fourth-order valence-corrected chi connectivity index (χ4v) is 5.49. The third kappa shape index (κ3) is 6.98. The second kappa shape index (κ2) is 13.1. The predicted molar refractivity (Wildman–Crippen MR) is 151 cm³/mol. The van der Waals surface area contributed by atoms with Gasteiger partial charge in [0, 0.05) is 50.3 Å². The highest BCUT2D eigenvalue weighted by Crippen LogP contribution is 2.29. The molecule has 1 N–H and O–H groups in total. The van der Waals surface area contributed by atoms with Crippen LogP contribution >= 0.6 is 0 Å². The minimum absolute atomic E-state index is 0.00138. The van der Waals surface area contributed by atoms with Gasteiger partial charge < -0.3 is 24.6 Å². The van der Waals surface area contributed by atoms with Gasteiger partial charge in [0.15, 0.2) is 0 Å². The lowest BCUT2D eigenvalue weighted by molar-refractivity contribution is -0.120. The summed E-state index contributed by atoms with van der Waals surface area (Å²) in [6.07, 6.45) is 4.83. The Morgan fingerprint density at radius 3 is 2.41 bits per heavy atom. The van der Waals surface area contributed by atoms with Crippen molar-refractivity contribution in [3.63, 3.8) is 0 Å². The molecule has 1 heterocycles. The van der Waals surface area contributed by atoms with Crippen molar-refractivity contribution < 1.29 is 23.9 Å². The number of nitrogens with one attached hydrogen (secondary N) is 1. The van der Waals surface area contributed by atoms with Crippen LogP contribution in [0.15, 0.2) is 48.5 Å². The van der Waals surface area contributed by atoms with Crippen molar-refractivity contribution in [2.45, 2.75) is 58.1 Å². The van der Waals surface area contributed by atoms with Gasteiger partial charge in [-0.2, -0.15) is 0 Å². The van der Waals surface area contributed by atoms with E-state index in [-0.39, 0.29) is 48.3 Å². The van der Waals surface area contributed by atoms with Gasteiger partial charge in [0.05, 0.1) is 17.7 Å². The molecule has 3 atom stereocenters. The van der Waals surface area contributed by atoms with Crippen LogP contribution in [0.2, 0.25) is 0 Å². The minimum Gasteiger partial charge on any atom is -0.491 e. The van der Waals surface area contributed by atoms with Gasteiger partial charge in [-0.05, 0) is 50.1 Å². The predicted octanol–water partition coefficient (Wildman–Crippen LogP) is 4.85. The molecule has 210 valence electrons. The Hall–Kier alpha value is -3.39. The number of fused-ring (bicyclic) bond motifs is 1. The Kier molecular flexibility index (Phi) is 9.62. The van der Waals surface area contributed by atoms with Gasteiger partial charge in [-0.15, -0.1) is 0 Å². The molecular weight excluding hydrogens is 494 g/mol. The fourth-order valence-electron chi connectivity index (χ4n) is 5.49. The first-order chi connectivity index (χ1) is 18.8. The molecule has 0 bridgehead atoms. The van der Waals surface area contributed by atoms with Crippen LogP contribution in [0.1, 0.15) is 66.7 Å². The highest BCUT2D eigenvalue weighted by molar-refractivity contribution is 6.00. The number of ether oxygens (including phenoxy) is 2. The van der Waals surface area contributed by atoms with Gasteiger partial charge in [0.2, 0.25) is 5.91 Å². The van der Waals surface area contributed by atoms with Crippen molar-refractivity contribution in [2.75, 3.05) is 39.2 Å². The summed E-state index contributed by atoms with van der Waals surface area (Å²) in [6.45, 7) is 4.99. The van der Waals surface area contributed by atoms with Crippen molar-refractivity contribution in [2.24, 2.45) is 11.8 Å². The molecule has 1 saturated carbocycles. The van der Waals surface area contributed by atoms with Crippen LogP contribution in [0.3, 0.4) is 0 Å². The summed E-state index contributed by atoms with van der Waals surface area (Å²) in [5, 5.41) is 3.02. The monoisotopic (exact) mass is 535 g/mol. The maximum Gasteiger partial charge on any atom is 0.257 e. The summed E-state index contributed by atoms with van der Waals surface area (Å²) < 4.78 is 12.0. The molecule has 0 saturated heterocycles. The number of hydrogen-bond donors (Lipinski definition) is 1. The summed E-state index contributed by atoms with van der Waals surface area (Å²) >= 11 is 0. The number of benzene rings is 2. The van der Waals surface area contributed by atoms with Gasteiger partial charge >= 0.3 is 0 Å². The third-order valence-electron chi connectivity index (χ3n) is 7.97. The SMILES string of the molecule is CO[C@H]1CN(C)C(=O)c2cc(NC(=O)C3CCCCC3)ccc2OC[C@@H](C)N(C(=O)c2ccccc2)C[C@@H]1C. The van der Waals surface area contributed by atoms with E-state index in [1.165, 1.54) is 6.42 Å². The molecule has 8 heteroatoms. The zero-order valence-corrected chi connectivity index (χ0v) is 23.5. The highest BCUT2D eigenvalue weighted by Gasteiger charge is 2.31. The molecule has 1 aliphatic heterocycles. The van der Waals surface area contributed by atoms with E-state index in [0.717, 1.165) is 25.7 Å². The topological polar surface area (TPSA) is 88.2 Å². The second-order valence-electron chi connectivity index (χ2n) is 11.0. The molecule has 0 spiro atoms. The van der Waals surface area contributed by atoms with Gasteiger partial charge in [0.25, 0.3) is 11.8 Å². The maximum atomic E-state index is 13.6. The van der Waals surface area contributed by atoms with Crippen LogP contribution in [0.25, 0.3) is 0 Å². The van der Waals surface area contributed by atoms with Crippen molar-refractivity contribution in [3.8, 4) is 5.75 Å². The number of rotatable bonds is 4. The second-order valence-corrected chi connectivity index (χ2v) is 11.0. The number of carbonyl (C=O) groups excluding carboxylic acids is 3. The number of anilines is 1. The number of methoxy groups -OCH3 is 1. The number of likely N-dealkylation sites (N-methyl/N-ethyl adjacent to an activating group) is 1. The molecule has 2 aromatic rings. The Bertz CT molecular complexity index is 1150. The fraction of sp³-hybridized carbons (Fsp3) is 0.516. The first-order valence-electron chi connectivity index (χ1n) is 14.0. The van der Waals surface area contributed by atoms with E-state index in [1.807, 2.05) is 49.1 Å². The van der Waals surface area contributed by atoms with Gasteiger partial charge in [-0.3, -0.25) is 14.4 Å². The van der Waals surface area contributed by atoms with Crippen LogP contribution in [0.4, 0.5) is 5.69 Å². The molecule has 0 radical (unpaired) electrons. The molecule has 3 amide bonds. The van der Waals surface area contributed by atoms with E-state index in [1.54, 1.807) is 37.3 Å². The quantitative estimate of drug-likeness (QED) is 0.605. The zero-order valence-electron chi connectivity index (χ0n) is 23.5. The van der Waals surface area contributed by atoms with Crippen LogP contribution in [-0.4, -0.2) is 73.5 Å². The summed E-state index contributed by atoms with van der Waals surface area (Å²) in [5.74, 6) is 0.104. The lowest BCUT2D eigenvalue weighted by Gasteiger charge is -2.36. The van der Waals surface area contributed by atoms with Crippen LogP contribution in [0.5, 0.6) is 5.75 Å². The Balaban J connectivity index is 1.62. The average molecular weight is 536 g/mol. The van der Waals surface area contributed by atoms with E-state index in [0.29, 0.717) is 35.7 Å². The number of nitrogens with zero attached hydrogens (tertiary/aromatic N) is 2. The molecule has 0 unspecified atom stereocenters. The number of hydrogen-bond acceptors (Lipinski definition) is 5. The standard InChI is InChI=1S/C31H41N3O5/c1-21-18-34(30(36)24-13-9-6-10-14-24)22(2)20-39-27-16-15-25(32-29(35)23-11-7-5-8-12-23)17-26(27)31(37)33(3)19-28(21)38-4/h6,9-10,13-17,21-23,28H,5,7-8,11-12,18-20H2,1-4H3,(H,32,35)/t21-,22+,28-/m0/s1. The molecule has 1 fully saturated rings. The van der Waals surface area contributed by atoms with E-state index in [2.05, 4.69) is 5.32 Å². The number of carbonyl (C=O) groups is 3. The van der Waals surface area contributed by atoms with E-state index in [9.17, 15) is 14.4 Å². The van der Waals surface area contributed by atoms with Gasteiger partial charge in [-0.25, -0.2) is 0 Å². The summed E-state index contributed by atoms with van der Waals surface area (Å²) in [7, 11) is 3.37. The first kappa shape index (κ1) is 28.6. The summed E-state index contributed by atoms with van der Waals surface area (Å²) in [5.41, 5.74) is 1.56. The maximum absolute atomic E-state index is 13.6. The molecule has 4 rings (SSSR count). The highest BCUT2D eigenvalue weighted by atomic mass is 16.5. The molecule has 1 aliphatic carbocycles. The van der Waals surface area contributed by atoms with Gasteiger partial charge in [-0.1, -0.05) is 44.4 Å². The molecule has 39 heavy (non-hydrogen) atoms. The Morgan fingerprint density at radius 2 is 1.72 bits per heavy atom. The van der Waals surface area contributed by atoms with E-state index >= 15 is 0 Å². The zero-order chi connectivity index (χ0) is 27.9. The summed E-state index contributed by atoms with van der Waals surface area (Å²) in [6, 6.07) is 14.2. The van der Waals surface area contributed by atoms with Crippen molar-refractivity contribution in [3.05, 3.63) is 59.7 Å². The van der Waals surface area contributed by atoms with Crippen molar-refractivity contribution in [1.29, 1.82) is 0 Å². The van der Waals surface area contributed by atoms with Crippen LogP contribution in [0, 0.1) is 11.8 Å². The number of amides is 3. The minimum atomic E-state index is -0.282. The normalized spacial score (nSPS) is 23.2. The Labute approximate surface area is 231 Å². The van der Waals surface area contributed by atoms with Crippen LogP contribution in [-0.2, 0) is 9.53 Å². The molecule has 2 aliphatic rings. The first-order valence-corrected chi connectivity index (χ1v) is 14.0. The van der Waals surface area contributed by atoms with E-state index in [4.69, 9.17) is 9.47 Å². The lowest BCUT2D eigenvalue weighted by Crippen LogP contribution is -2.48. The van der Waals surface area contributed by atoms with Crippen molar-refractivity contribution >= 4 is 23.4 Å². The molecule has 8 nitrogen and oxygen atoms in total. The smallest absolute Gasteiger partial charge is 0.257 e. The molecular formula is C31H41N3O5. The summed E-state index contributed by atoms with van der Waals surface area (Å²) in [4.78, 5) is 43.5.